The molecule has 16 saturated carbocycles. The maximum absolute atomic E-state index is 1.63. The Labute approximate surface area is 218 Å². The van der Waals surface area contributed by atoms with Crippen molar-refractivity contribution in [3.63, 3.8) is 0 Å². The molecule has 0 saturated heterocycles. The summed E-state index contributed by atoms with van der Waals surface area (Å²) in [6, 6.07) is 0. The summed E-state index contributed by atoms with van der Waals surface area (Å²) in [4.78, 5) is 0. The molecule has 0 amide bonds. The fourth-order valence-corrected chi connectivity index (χ4v) is 19.0. The lowest BCUT2D eigenvalue weighted by molar-refractivity contribution is -0.376. The van der Waals surface area contributed by atoms with Crippen LogP contribution < -0.4 is 0 Å². The Bertz CT molecular complexity index is 739. The topological polar surface area (TPSA) is 0 Å². The molecule has 0 nitrogen and oxygen atoms in total. The Kier molecular flexibility index (Phi) is 2.78. The van der Waals surface area contributed by atoms with Gasteiger partial charge in [-0.1, -0.05) is 0 Å². The van der Waals surface area contributed by atoms with Crippen LogP contribution in [0.15, 0.2) is 0 Å². The summed E-state index contributed by atoms with van der Waals surface area (Å²) in [5.74, 6) is 20.0. The molecular formula is C36H48. The van der Waals surface area contributed by atoms with Crippen molar-refractivity contribution in [2.24, 2.45) is 116 Å². The third-order valence-electron chi connectivity index (χ3n) is 20.4. The predicted molar refractivity (Wildman–Crippen MR) is 139 cm³/mol. The van der Waals surface area contributed by atoms with E-state index in [0.717, 1.165) is 21.7 Å². The minimum absolute atomic E-state index is 1.06. The van der Waals surface area contributed by atoms with Crippen LogP contribution in [0.5, 0.6) is 0 Å². The smallest absolute Gasteiger partial charge is 0.0183 e. The average molecular weight is 481 g/mol. The summed E-state index contributed by atoms with van der Waals surface area (Å²) >= 11 is 0. The maximum atomic E-state index is 1.63. The van der Waals surface area contributed by atoms with Crippen LogP contribution in [0, 0.1) is 116 Å². The average Bonchev–Trinajstić information content (AvgIpc) is 2.59. The van der Waals surface area contributed by atoms with Crippen LogP contribution in [0.4, 0.5) is 0 Å². The quantitative estimate of drug-likeness (QED) is 0.328. The third kappa shape index (κ3) is 1.45. The molecule has 0 atom stereocenters. The predicted octanol–water partition coefficient (Wildman–Crippen LogP) is 8.21. The van der Waals surface area contributed by atoms with Crippen LogP contribution in [0.1, 0.15) is 103 Å². The largest absolute Gasteiger partial charge is 0.0464 e. The number of hydrogen-bond donors (Lipinski definition) is 0. The minimum atomic E-state index is 1.06. The Morgan fingerprint density at radius 3 is 0.278 bits per heavy atom. The van der Waals surface area contributed by atoms with Gasteiger partial charge in [-0.15, -0.1) is 0 Å². The zero-order chi connectivity index (χ0) is 22.6. The molecule has 0 heteroatoms. The molecule has 0 aliphatic heterocycles. The van der Waals surface area contributed by atoms with Gasteiger partial charge in [0.2, 0.25) is 0 Å². The highest BCUT2D eigenvalue weighted by Crippen LogP contribution is 2.90. The van der Waals surface area contributed by atoms with Crippen LogP contribution in [0.25, 0.3) is 0 Å². The maximum Gasteiger partial charge on any atom is -0.0183 e. The van der Waals surface area contributed by atoms with E-state index in [4.69, 9.17) is 0 Å². The Hall–Kier alpha value is 0. The standard InChI is InChI=1S/4C9H12/c4*1-5-2-7-4-8-3-6(1)9(5,7)8/h4*5-8H,1-4H2. The van der Waals surface area contributed by atoms with Crippen molar-refractivity contribution in [3.8, 4) is 0 Å². The van der Waals surface area contributed by atoms with Gasteiger partial charge in [-0.05, 0) is 219 Å². The van der Waals surface area contributed by atoms with Crippen molar-refractivity contribution >= 4 is 0 Å². The highest BCUT2D eigenvalue weighted by Gasteiger charge is 2.83. The fraction of sp³-hybridized carbons (Fsp3) is 1.00. The normalized spacial score (nSPS) is 80.0. The molecule has 4 spiro atoms. The summed E-state index contributed by atoms with van der Waals surface area (Å²) in [6.07, 6.45) is 26.1. The zero-order valence-electron chi connectivity index (χ0n) is 22.6. The van der Waals surface area contributed by atoms with Crippen molar-refractivity contribution in [2.45, 2.75) is 103 Å². The van der Waals surface area contributed by atoms with Gasteiger partial charge in [0.05, 0.1) is 0 Å². The Balaban J connectivity index is 0.0000000610. The van der Waals surface area contributed by atoms with E-state index in [9.17, 15) is 0 Å². The van der Waals surface area contributed by atoms with Crippen LogP contribution in [-0.2, 0) is 0 Å². The highest BCUT2D eigenvalue weighted by atomic mass is 14.9. The van der Waals surface area contributed by atoms with Crippen LogP contribution >= 0.6 is 0 Å². The van der Waals surface area contributed by atoms with Crippen molar-refractivity contribution in [2.75, 3.05) is 0 Å². The second-order valence-electron chi connectivity index (χ2n) is 18.9. The van der Waals surface area contributed by atoms with Crippen LogP contribution in [0.3, 0.4) is 0 Å². The van der Waals surface area contributed by atoms with E-state index < -0.39 is 0 Å². The van der Waals surface area contributed by atoms with E-state index in [1.165, 1.54) is 94.7 Å². The molecule has 0 N–H and O–H groups in total. The molecule has 0 aromatic rings. The molecule has 0 radical (unpaired) electrons. The molecule has 36 heavy (non-hydrogen) atoms. The first-order valence-corrected chi connectivity index (χ1v) is 17.7. The van der Waals surface area contributed by atoms with Gasteiger partial charge in [-0.3, -0.25) is 0 Å². The summed E-state index contributed by atoms with van der Waals surface area (Å²) in [7, 11) is 0. The zero-order valence-corrected chi connectivity index (χ0v) is 22.6. The molecule has 16 aliphatic carbocycles. The van der Waals surface area contributed by atoms with Crippen molar-refractivity contribution in [1.29, 1.82) is 0 Å². The summed E-state index contributed by atoms with van der Waals surface area (Å²) in [5, 5.41) is 0. The molecule has 16 aliphatic rings. The van der Waals surface area contributed by atoms with Gasteiger partial charge >= 0.3 is 0 Å². The molecule has 0 unspecified atom stereocenters. The van der Waals surface area contributed by atoms with Gasteiger partial charge in [0, 0.05) is 0 Å². The third-order valence-corrected chi connectivity index (χ3v) is 20.4. The second-order valence-corrected chi connectivity index (χ2v) is 18.9. The van der Waals surface area contributed by atoms with Crippen molar-refractivity contribution in [1.82, 2.24) is 0 Å². The molecular weight excluding hydrogens is 432 g/mol. The monoisotopic (exact) mass is 480 g/mol. The molecule has 16 rings (SSSR count). The SMILES string of the molecule is C1C2CC3CC4CC1C234.C1C2CC3CC4CC1C234.C1C2CC3CC4CC1C234.C1C2CC3CC4CC1C234. The van der Waals surface area contributed by atoms with E-state index in [0.29, 0.717) is 0 Å². The second kappa shape index (κ2) is 5.22. The molecule has 0 bridgehead atoms. The molecule has 192 valence electrons. The minimum Gasteiger partial charge on any atom is -0.0464 e. The van der Waals surface area contributed by atoms with E-state index in [1.54, 1.807) is 103 Å². The van der Waals surface area contributed by atoms with Gasteiger partial charge in [0.1, 0.15) is 0 Å². The Morgan fingerprint density at radius 1 is 0.167 bits per heavy atom. The van der Waals surface area contributed by atoms with Crippen LogP contribution in [-0.4, -0.2) is 0 Å². The number of rotatable bonds is 0. The lowest BCUT2D eigenvalue weighted by Gasteiger charge is -2.86. The van der Waals surface area contributed by atoms with Gasteiger partial charge in [0.25, 0.3) is 0 Å². The van der Waals surface area contributed by atoms with Gasteiger partial charge < -0.3 is 0 Å². The van der Waals surface area contributed by atoms with Crippen LogP contribution in [0.2, 0.25) is 0 Å². The van der Waals surface area contributed by atoms with E-state index in [-0.39, 0.29) is 0 Å². The molecule has 16 fully saturated rings. The van der Waals surface area contributed by atoms with Gasteiger partial charge in [-0.2, -0.15) is 0 Å². The Morgan fingerprint density at radius 2 is 0.250 bits per heavy atom. The first-order valence-electron chi connectivity index (χ1n) is 17.7. The molecule has 0 aromatic carbocycles. The van der Waals surface area contributed by atoms with Crippen molar-refractivity contribution < 1.29 is 0 Å². The van der Waals surface area contributed by atoms with E-state index in [1.807, 2.05) is 0 Å². The lowest BCUT2D eigenvalue weighted by atomic mass is 9.18. The fourth-order valence-electron chi connectivity index (χ4n) is 19.0. The van der Waals surface area contributed by atoms with E-state index >= 15 is 0 Å². The van der Waals surface area contributed by atoms with Crippen molar-refractivity contribution in [3.05, 3.63) is 0 Å². The highest BCUT2D eigenvalue weighted by molar-refractivity contribution is 5.31. The summed E-state index contributed by atoms with van der Waals surface area (Å²) in [6.45, 7) is 0. The molecule has 0 aromatic heterocycles. The number of hydrogen-bond acceptors (Lipinski definition) is 0. The van der Waals surface area contributed by atoms with E-state index in [2.05, 4.69) is 0 Å². The summed E-state index contributed by atoms with van der Waals surface area (Å²) in [5.41, 5.74) is 4.22. The van der Waals surface area contributed by atoms with Gasteiger partial charge in [0.15, 0.2) is 0 Å². The first-order chi connectivity index (χ1) is 17.7. The molecule has 0 heterocycles. The summed E-state index contributed by atoms with van der Waals surface area (Å²) < 4.78 is 0. The lowest BCUT2D eigenvalue weighted by Crippen LogP contribution is -2.79. The first kappa shape index (κ1) is 19.1. The van der Waals surface area contributed by atoms with Gasteiger partial charge in [-0.25, -0.2) is 0 Å².